The van der Waals surface area contributed by atoms with Gasteiger partial charge < -0.3 is 15.9 Å². The molecule has 0 radical (unpaired) electrons. The maximum absolute atomic E-state index is 12.2. The highest BCUT2D eigenvalue weighted by Crippen LogP contribution is 2.26. The van der Waals surface area contributed by atoms with Gasteiger partial charge in [0.15, 0.2) is 0 Å². The third kappa shape index (κ3) is 3.58. The van der Waals surface area contributed by atoms with Crippen molar-refractivity contribution < 1.29 is 18.6 Å². The molecule has 19 heavy (non-hydrogen) atoms. The zero-order valence-electron chi connectivity index (χ0n) is 10.6. The summed E-state index contributed by atoms with van der Waals surface area (Å²) in [5.74, 6) is 0. The average Bonchev–Trinajstić information content (AvgIpc) is 2.32. The van der Waals surface area contributed by atoms with E-state index in [1.165, 1.54) is 19.1 Å². The number of sulfonamides is 1. The third-order valence-electron chi connectivity index (χ3n) is 2.73. The van der Waals surface area contributed by atoms with Gasteiger partial charge in [-0.15, -0.1) is 0 Å². The topological polar surface area (TPSA) is 113 Å². The maximum atomic E-state index is 12.2. The van der Waals surface area contributed by atoms with Gasteiger partial charge >= 0.3 is 0 Å². The molecule has 0 amide bonds. The minimum Gasteiger partial charge on any atom is -0.398 e. The van der Waals surface area contributed by atoms with Crippen LogP contribution in [0.3, 0.4) is 0 Å². The summed E-state index contributed by atoms with van der Waals surface area (Å²) in [4.78, 5) is -0.0781. The first-order chi connectivity index (χ1) is 8.65. The van der Waals surface area contributed by atoms with E-state index >= 15 is 0 Å². The number of anilines is 1. The highest BCUT2D eigenvalue weighted by atomic mass is 35.5. The van der Waals surface area contributed by atoms with Crippen molar-refractivity contribution in [3.8, 4) is 0 Å². The predicted octanol–water partition coefficient (Wildman–Crippen LogP) is 0.252. The van der Waals surface area contributed by atoms with Crippen molar-refractivity contribution in [2.24, 2.45) is 0 Å². The second kappa shape index (κ2) is 5.64. The minimum atomic E-state index is -3.95. The summed E-state index contributed by atoms with van der Waals surface area (Å²) < 4.78 is 26.7. The highest BCUT2D eigenvalue weighted by molar-refractivity contribution is 7.89. The van der Waals surface area contributed by atoms with Crippen LogP contribution in [0.4, 0.5) is 5.69 Å². The van der Waals surface area contributed by atoms with Gasteiger partial charge in [0.2, 0.25) is 10.0 Å². The molecule has 1 aromatic rings. The number of aliphatic hydroxyl groups excluding tert-OH is 2. The van der Waals surface area contributed by atoms with Gasteiger partial charge in [0.25, 0.3) is 0 Å². The summed E-state index contributed by atoms with van der Waals surface area (Å²) in [7, 11) is -3.95. The summed E-state index contributed by atoms with van der Waals surface area (Å²) in [6.07, 6.45) is 0. The van der Waals surface area contributed by atoms with Gasteiger partial charge in [0, 0.05) is 10.7 Å². The Morgan fingerprint density at radius 3 is 2.37 bits per heavy atom. The van der Waals surface area contributed by atoms with Crippen LogP contribution in [0.25, 0.3) is 0 Å². The number of rotatable bonds is 5. The van der Waals surface area contributed by atoms with Gasteiger partial charge in [0.05, 0.1) is 23.6 Å². The number of nitrogens with two attached hydrogens (primary N) is 1. The van der Waals surface area contributed by atoms with Gasteiger partial charge in [-0.2, -0.15) is 0 Å². The monoisotopic (exact) mass is 308 g/mol. The molecule has 0 aliphatic carbocycles. The number of benzene rings is 1. The maximum Gasteiger partial charge on any atom is 0.241 e. The van der Waals surface area contributed by atoms with E-state index in [9.17, 15) is 8.42 Å². The molecule has 1 rings (SSSR count). The molecule has 5 N–H and O–H groups in total. The fraction of sp³-hybridized carbons (Fsp3) is 0.455. The molecule has 0 spiro atoms. The molecule has 8 heteroatoms. The van der Waals surface area contributed by atoms with Crippen LogP contribution in [0.1, 0.15) is 12.5 Å². The summed E-state index contributed by atoms with van der Waals surface area (Å²) in [5.41, 5.74) is 4.92. The Kier molecular flexibility index (Phi) is 4.81. The molecule has 0 aliphatic heterocycles. The molecule has 0 saturated carbocycles. The van der Waals surface area contributed by atoms with Crippen molar-refractivity contribution in [1.82, 2.24) is 4.72 Å². The van der Waals surface area contributed by atoms with Crippen LogP contribution in [0.15, 0.2) is 17.0 Å². The Labute approximate surface area is 117 Å². The molecule has 0 saturated heterocycles. The average molecular weight is 309 g/mol. The Hall–Kier alpha value is -0.860. The summed E-state index contributed by atoms with van der Waals surface area (Å²) in [6, 6.07) is 2.72. The molecule has 0 bridgehead atoms. The normalized spacial score (nSPS) is 12.7. The molecule has 0 aromatic heterocycles. The first-order valence-electron chi connectivity index (χ1n) is 5.46. The lowest BCUT2D eigenvalue weighted by Crippen LogP contribution is -2.51. The van der Waals surface area contributed by atoms with Crippen LogP contribution in [0.5, 0.6) is 0 Å². The summed E-state index contributed by atoms with van der Waals surface area (Å²) in [5, 5.41) is 18.5. The van der Waals surface area contributed by atoms with E-state index in [4.69, 9.17) is 27.5 Å². The third-order valence-corrected chi connectivity index (χ3v) is 4.72. The molecule has 0 atom stereocenters. The summed E-state index contributed by atoms with van der Waals surface area (Å²) in [6.45, 7) is 1.85. The first-order valence-corrected chi connectivity index (χ1v) is 7.32. The number of hydrogen-bond donors (Lipinski definition) is 4. The smallest absolute Gasteiger partial charge is 0.241 e. The molecule has 108 valence electrons. The van der Waals surface area contributed by atoms with Gasteiger partial charge in [-0.25, -0.2) is 13.1 Å². The van der Waals surface area contributed by atoms with E-state index in [1.54, 1.807) is 6.92 Å². The van der Waals surface area contributed by atoms with Gasteiger partial charge in [-0.3, -0.25) is 0 Å². The van der Waals surface area contributed by atoms with Crippen LogP contribution in [0.2, 0.25) is 5.02 Å². The van der Waals surface area contributed by atoms with Crippen molar-refractivity contribution in [1.29, 1.82) is 0 Å². The Bertz CT molecular complexity index is 570. The fourth-order valence-electron chi connectivity index (χ4n) is 1.45. The molecule has 0 fully saturated rings. The Morgan fingerprint density at radius 1 is 1.37 bits per heavy atom. The largest absolute Gasteiger partial charge is 0.398 e. The zero-order chi connectivity index (χ0) is 14.8. The zero-order valence-corrected chi connectivity index (χ0v) is 12.2. The van der Waals surface area contributed by atoms with Crippen molar-refractivity contribution in [2.75, 3.05) is 18.9 Å². The molecular formula is C11H17ClN2O4S. The second-order valence-corrected chi connectivity index (χ2v) is 6.69. The van der Waals surface area contributed by atoms with E-state index in [1.807, 2.05) is 0 Å². The molecule has 6 nitrogen and oxygen atoms in total. The molecule has 0 unspecified atom stereocenters. The fourth-order valence-corrected chi connectivity index (χ4v) is 3.43. The lowest BCUT2D eigenvalue weighted by molar-refractivity contribution is 0.121. The minimum absolute atomic E-state index is 0.0781. The quantitative estimate of drug-likeness (QED) is 0.583. The van der Waals surface area contributed by atoms with Crippen molar-refractivity contribution in [2.45, 2.75) is 24.3 Å². The Balaban J connectivity index is 3.29. The van der Waals surface area contributed by atoms with Crippen LogP contribution in [-0.2, 0) is 10.0 Å². The van der Waals surface area contributed by atoms with Crippen LogP contribution < -0.4 is 10.5 Å². The van der Waals surface area contributed by atoms with Crippen molar-refractivity contribution in [3.63, 3.8) is 0 Å². The van der Waals surface area contributed by atoms with E-state index in [2.05, 4.69) is 4.72 Å². The number of hydrogen-bond acceptors (Lipinski definition) is 5. The lowest BCUT2D eigenvalue weighted by Gasteiger charge is -2.26. The van der Waals surface area contributed by atoms with Gasteiger partial charge in [-0.05, 0) is 31.5 Å². The van der Waals surface area contributed by atoms with E-state index in [-0.39, 0.29) is 15.6 Å². The lowest BCUT2D eigenvalue weighted by atomic mass is 10.1. The van der Waals surface area contributed by atoms with Gasteiger partial charge in [-0.1, -0.05) is 11.6 Å². The Morgan fingerprint density at radius 2 is 1.89 bits per heavy atom. The number of nitrogens with one attached hydrogen (secondary N) is 1. The van der Waals surface area contributed by atoms with Crippen LogP contribution in [0, 0.1) is 6.92 Å². The van der Waals surface area contributed by atoms with Crippen LogP contribution >= 0.6 is 11.6 Å². The highest BCUT2D eigenvalue weighted by Gasteiger charge is 2.30. The van der Waals surface area contributed by atoms with Crippen LogP contribution in [-0.4, -0.2) is 37.4 Å². The van der Waals surface area contributed by atoms with Crippen molar-refractivity contribution in [3.05, 3.63) is 22.7 Å². The predicted molar refractivity (Wildman–Crippen MR) is 73.5 cm³/mol. The van der Waals surface area contributed by atoms with E-state index < -0.39 is 28.8 Å². The number of halogens is 1. The molecular weight excluding hydrogens is 292 g/mol. The second-order valence-electron chi connectivity index (χ2n) is 4.60. The summed E-state index contributed by atoms with van der Waals surface area (Å²) >= 11 is 5.80. The SMILES string of the molecule is Cc1c(N)cc(Cl)cc1S(=O)(=O)NC(C)(CO)CO. The van der Waals surface area contributed by atoms with Gasteiger partial charge in [0.1, 0.15) is 0 Å². The molecule has 0 heterocycles. The molecule has 0 aliphatic rings. The van der Waals surface area contributed by atoms with E-state index in [0.717, 1.165) is 0 Å². The number of aliphatic hydroxyl groups is 2. The van der Waals surface area contributed by atoms with Crippen molar-refractivity contribution >= 4 is 27.3 Å². The standard InChI is InChI=1S/C11H17ClN2O4S/c1-7-9(13)3-8(12)4-10(7)19(17,18)14-11(2,5-15)6-16/h3-4,14-16H,5-6,13H2,1-2H3. The first kappa shape index (κ1) is 16.2. The molecule has 1 aromatic carbocycles. The number of nitrogen functional groups attached to an aromatic ring is 1. The van der Waals surface area contributed by atoms with E-state index in [0.29, 0.717) is 5.56 Å².